The van der Waals surface area contributed by atoms with Gasteiger partial charge < -0.3 is 14.6 Å². The second-order valence-electron chi connectivity index (χ2n) is 7.58. The summed E-state index contributed by atoms with van der Waals surface area (Å²) in [5.41, 5.74) is -2.77. The topological polar surface area (TPSA) is 101 Å². The molecule has 0 spiro atoms. The van der Waals surface area contributed by atoms with Crippen molar-refractivity contribution in [1.29, 1.82) is 5.26 Å². The molecule has 1 aromatic heterocycles. The van der Waals surface area contributed by atoms with Gasteiger partial charge in [-0.3, -0.25) is 4.79 Å². The van der Waals surface area contributed by atoms with Gasteiger partial charge in [0.2, 0.25) is 0 Å². The number of aryl methyl sites for hydroxylation is 1. The highest BCUT2D eigenvalue weighted by molar-refractivity contribution is 7.91. The Labute approximate surface area is 181 Å². The minimum Gasteiger partial charge on any atom is -0.381 e. The lowest BCUT2D eigenvalue weighted by molar-refractivity contribution is -0.237. The van der Waals surface area contributed by atoms with Gasteiger partial charge in [-0.2, -0.15) is 18.4 Å². The van der Waals surface area contributed by atoms with Crippen LogP contribution in [0.25, 0.3) is 0 Å². The Hall–Kier alpha value is -2.91. The van der Waals surface area contributed by atoms with Crippen LogP contribution in [-0.2, 0) is 21.6 Å². The zero-order chi connectivity index (χ0) is 23.7. The fourth-order valence-electron chi connectivity index (χ4n) is 3.53. The Kier molecular flexibility index (Phi) is 6.35. The number of carbonyl (C=O) groups excluding carboxylic acids is 1. The van der Waals surface area contributed by atoms with Crippen LogP contribution in [0.5, 0.6) is 0 Å². The van der Waals surface area contributed by atoms with E-state index in [0.717, 1.165) is 24.4 Å². The van der Waals surface area contributed by atoms with Crippen molar-refractivity contribution in [1.82, 2.24) is 4.57 Å². The molecule has 3 rings (SSSR count). The largest absolute Gasteiger partial charge is 0.395 e. The quantitative estimate of drug-likeness (QED) is 0.671. The summed E-state index contributed by atoms with van der Waals surface area (Å²) >= 11 is 0. The van der Waals surface area contributed by atoms with Crippen molar-refractivity contribution in [2.75, 3.05) is 24.3 Å². The Morgan fingerprint density at radius 2 is 1.94 bits per heavy atom. The van der Waals surface area contributed by atoms with E-state index >= 15 is 0 Å². The minimum atomic E-state index is -4.74. The molecule has 1 N–H and O–H groups in total. The molecule has 0 radical (unpaired) electrons. The molecule has 0 bridgehead atoms. The summed E-state index contributed by atoms with van der Waals surface area (Å²) < 4.78 is 86.5. The molecule has 1 fully saturated rings. The summed E-state index contributed by atoms with van der Waals surface area (Å²) in [7, 11) is -3.03. The molecule has 1 aromatic carbocycles. The van der Waals surface area contributed by atoms with Crippen molar-refractivity contribution >= 4 is 21.4 Å². The highest BCUT2D eigenvalue weighted by Crippen LogP contribution is 2.47. The van der Waals surface area contributed by atoms with Crippen LogP contribution in [0.4, 0.5) is 23.2 Å². The summed E-state index contributed by atoms with van der Waals surface area (Å²) in [6.45, 7) is -0.389. The first-order valence-corrected chi connectivity index (χ1v) is 11.1. The molecule has 1 aliphatic rings. The van der Waals surface area contributed by atoms with Crippen molar-refractivity contribution in [3.8, 4) is 6.07 Å². The summed E-state index contributed by atoms with van der Waals surface area (Å²) in [6, 6.07) is 5.92. The predicted molar refractivity (Wildman–Crippen MR) is 105 cm³/mol. The van der Waals surface area contributed by atoms with E-state index in [1.807, 2.05) is 0 Å². The number of rotatable bonds is 5. The van der Waals surface area contributed by atoms with Crippen molar-refractivity contribution in [3.05, 3.63) is 47.5 Å². The third-order valence-electron chi connectivity index (χ3n) is 5.43. The molecule has 0 unspecified atom stereocenters. The van der Waals surface area contributed by atoms with Gasteiger partial charge in [0.15, 0.2) is 9.84 Å². The maximum absolute atomic E-state index is 13.7. The van der Waals surface area contributed by atoms with E-state index in [9.17, 15) is 30.8 Å². The van der Waals surface area contributed by atoms with E-state index in [1.54, 1.807) is 6.07 Å². The zero-order valence-electron chi connectivity index (χ0n) is 16.9. The molecule has 12 heteroatoms. The monoisotopic (exact) mass is 473 g/mol. The normalized spacial score (nSPS) is 16.4. The van der Waals surface area contributed by atoms with Gasteiger partial charge in [-0.25, -0.2) is 12.8 Å². The third-order valence-corrected chi connectivity index (χ3v) is 7.31. The first kappa shape index (κ1) is 23.7. The first-order valence-electron chi connectivity index (χ1n) is 9.43. The number of amides is 1. The van der Waals surface area contributed by atoms with Crippen LogP contribution >= 0.6 is 0 Å². The number of halogens is 4. The molecular formula is C20H19F4N3O4S. The van der Waals surface area contributed by atoms with Crippen LogP contribution in [0.1, 0.15) is 28.9 Å². The van der Waals surface area contributed by atoms with Crippen LogP contribution in [0.3, 0.4) is 0 Å². The number of carbonyl (C=O) groups is 1. The summed E-state index contributed by atoms with van der Waals surface area (Å²) in [5, 5.41) is 11.3. The minimum absolute atomic E-state index is 0.0942. The van der Waals surface area contributed by atoms with Crippen LogP contribution in [0.2, 0.25) is 0 Å². The fraction of sp³-hybridized carbons (Fsp3) is 0.400. The molecule has 2 heterocycles. The Balaban J connectivity index is 1.86. The van der Waals surface area contributed by atoms with E-state index in [-0.39, 0.29) is 30.2 Å². The number of benzene rings is 1. The van der Waals surface area contributed by atoms with Crippen LogP contribution < -0.4 is 5.32 Å². The van der Waals surface area contributed by atoms with Crippen molar-refractivity contribution < 1.29 is 35.5 Å². The number of sulfone groups is 1. The van der Waals surface area contributed by atoms with Gasteiger partial charge in [-0.1, -0.05) is 0 Å². The van der Waals surface area contributed by atoms with Crippen LogP contribution in [0.15, 0.2) is 35.4 Å². The molecule has 1 amide bonds. The van der Waals surface area contributed by atoms with E-state index < -0.39 is 56.6 Å². The summed E-state index contributed by atoms with van der Waals surface area (Å²) in [5.74, 6) is -2.70. The van der Waals surface area contributed by atoms with Crippen LogP contribution in [0, 0.1) is 22.6 Å². The number of hydrogen-bond acceptors (Lipinski definition) is 5. The van der Waals surface area contributed by atoms with E-state index in [4.69, 9.17) is 10.00 Å². The van der Waals surface area contributed by atoms with E-state index in [1.165, 1.54) is 17.7 Å². The molecule has 32 heavy (non-hydrogen) atoms. The Bertz CT molecular complexity index is 1180. The number of hydrogen-bond donors (Lipinski definition) is 1. The van der Waals surface area contributed by atoms with Gasteiger partial charge in [-0.05, 0) is 37.1 Å². The van der Waals surface area contributed by atoms with E-state index in [2.05, 4.69) is 5.32 Å². The molecule has 0 atom stereocenters. The van der Waals surface area contributed by atoms with Gasteiger partial charge in [0.25, 0.3) is 5.91 Å². The van der Waals surface area contributed by atoms with Gasteiger partial charge in [0, 0.05) is 32.1 Å². The van der Waals surface area contributed by atoms with Gasteiger partial charge >= 0.3 is 6.18 Å². The van der Waals surface area contributed by atoms with Gasteiger partial charge in [0.1, 0.15) is 17.6 Å². The number of anilines is 1. The number of nitriles is 1. The van der Waals surface area contributed by atoms with Crippen molar-refractivity contribution in [2.45, 2.75) is 23.9 Å². The zero-order valence-corrected chi connectivity index (χ0v) is 17.7. The second kappa shape index (κ2) is 8.55. The molecule has 0 aliphatic carbocycles. The highest BCUT2D eigenvalue weighted by atomic mass is 32.2. The van der Waals surface area contributed by atoms with Gasteiger partial charge in [-0.15, -0.1) is 0 Å². The lowest BCUT2D eigenvalue weighted by Gasteiger charge is -2.38. The molecule has 1 aliphatic heterocycles. The second-order valence-corrected chi connectivity index (χ2v) is 9.57. The van der Waals surface area contributed by atoms with E-state index in [0.29, 0.717) is 0 Å². The lowest BCUT2D eigenvalue weighted by atomic mass is 9.81. The highest BCUT2D eigenvalue weighted by Gasteiger charge is 2.57. The first-order chi connectivity index (χ1) is 14.9. The van der Waals surface area contributed by atoms with Crippen LogP contribution in [-0.4, -0.2) is 44.0 Å². The molecule has 2 aromatic rings. The Morgan fingerprint density at radius 1 is 1.28 bits per heavy atom. The molecule has 7 nitrogen and oxygen atoms in total. The summed E-state index contributed by atoms with van der Waals surface area (Å²) in [6.07, 6.45) is -4.61. The maximum atomic E-state index is 13.7. The Morgan fingerprint density at radius 3 is 2.53 bits per heavy atom. The number of alkyl halides is 3. The average molecular weight is 473 g/mol. The molecule has 1 saturated heterocycles. The smallest absolute Gasteiger partial charge is 0.381 e. The maximum Gasteiger partial charge on any atom is 0.395 e. The standard InChI is InChI=1S/C20H19F4N3O4S/c1-27-11-15(32(29,30)12-19(20(22,23)24)4-6-31-7-5-19)9-17(27)18(28)26-14-2-3-16(21)13(8-14)10-25/h2-3,8-9,11H,4-7,12H2,1H3,(H,26,28). The number of nitrogens with zero attached hydrogens (tertiary/aromatic N) is 2. The van der Waals surface area contributed by atoms with Crippen molar-refractivity contribution in [2.24, 2.45) is 12.5 Å². The average Bonchev–Trinajstić information content (AvgIpc) is 3.12. The summed E-state index contributed by atoms with van der Waals surface area (Å²) in [4.78, 5) is 12.2. The number of ether oxygens (including phenoxy) is 1. The molecule has 0 saturated carbocycles. The third kappa shape index (κ3) is 4.63. The van der Waals surface area contributed by atoms with Gasteiger partial charge in [0.05, 0.1) is 21.6 Å². The SMILES string of the molecule is Cn1cc(S(=O)(=O)CC2(C(F)(F)F)CCOCC2)cc1C(=O)Nc1ccc(F)c(C#N)c1. The number of aromatic nitrogens is 1. The molecule has 172 valence electrons. The molecular weight excluding hydrogens is 454 g/mol. The fourth-order valence-corrected chi connectivity index (χ4v) is 5.49. The predicted octanol–water partition coefficient (Wildman–Crippen LogP) is 3.42. The number of nitrogens with one attached hydrogen (secondary N) is 1. The lowest BCUT2D eigenvalue weighted by Crippen LogP contribution is -2.47. The van der Waals surface area contributed by atoms with Crippen molar-refractivity contribution in [3.63, 3.8) is 0 Å².